The first-order valence-electron chi connectivity index (χ1n) is 4.16. The molecule has 3 nitrogen and oxygen atoms in total. The van der Waals surface area contributed by atoms with Crippen LogP contribution in [0.2, 0.25) is 0 Å². The molecule has 0 radical (unpaired) electrons. The minimum absolute atomic E-state index is 0.259. The van der Waals surface area contributed by atoms with Gasteiger partial charge in [-0.1, -0.05) is 12.7 Å². The Kier molecular flexibility index (Phi) is 3.42. The third-order valence-corrected chi connectivity index (χ3v) is 1.81. The molecular formula is C11H12O3. The average Bonchev–Trinajstić information content (AvgIpc) is 2.17. The zero-order chi connectivity index (χ0) is 10.6. The Balaban J connectivity index is 3.12. The summed E-state index contributed by atoms with van der Waals surface area (Å²) >= 11 is 0. The van der Waals surface area contributed by atoms with Gasteiger partial charge in [0.2, 0.25) is 0 Å². The van der Waals surface area contributed by atoms with Crippen molar-refractivity contribution in [1.82, 2.24) is 0 Å². The molecular weight excluding hydrogens is 180 g/mol. The number of carboxylic acids is 1. The molecule has 1 aromatic carbocycles. The third-order valence-electron chi connectivity index (χ3n) is 1.81. The lowest BCUT2D eigenvalue weighted by atomic mass is 10.1. The van der Waals surface area contributed by atoms with Gasteiger partial charge in [0.1, 0.15) is 0 Å². The van der Waals surface area contributed by atoms with Gasteiger partial charge in [0, 0.05) is 7.11 Å². The Morgan fingerprint density at radius 2 is 2.29 bits per heavy atom. The molecule has 0 spiro atoms. The summed E-state index contributed by atoms with van der Waals surface area (Å²) in [6, 6.07) is 5.02. The highest BCUT2D eigenvalue weighted by Crippen LogP contribution is 2.12. The molecule has 0 heterocycles. The molecule has 0 bridgehead atoms. The van der Waals surface area contributed by atoms with Crippen molar-refractivity contribution in [2.45, 2.75) is 6.61 Å². The smallest absolute Gasteiger partial charge is 0.335 e. The van der Waals surface area contributed by atoms with E-state index in [1.54, 1.807) is 25.3 Å². The van der Waals surface area contributed by atoms with Crippen LogP contribution in [0.15, 0.2) is 24.8 Å². The maximum absolute atomic E-state index is 10.8. The van der Waals surface area contributed by atoms with Crippen LogP contribution in [0.25, 0.3) is 6.08 Å². The summed E-state index contributed by atoms with van der Waals surface area (Å²) in [7, 11) is 1.57. The Morgan fingerprint density at radius 1 is 1.57 bits per heavy atom. The van der Waals surface area contributed by atoms with Crippen molar-refractivity contribution in [3.8, 4) is 0 Å². The van der Waals surface area contributed by atoms with Crippen LogP contribution >= 0.6 is 0 Å². The van der Waals surface area contributed by atoms with Crippen LogP contribution in [-0.4, -0.2) is 18.2 Å². The van der Waals surface area contributed by atoms with Crippen LogP contribution in [0, 0.1) is 0 Å². The molecule has 3 heteroatoms. The van der Waals surface area contributed by atoms with E-state index in [1.807, 2.05) is 6.07 Å². The van der Waals surface area contributed by atoms with Crippen molar-refractivity contribution in [2.24, 2.45) is 0 Å². The normalized spacial score (nSPS) is 9.79. The van der Waals surface area contributed by atoms with Crippen molar-refractivity contribution in [1.29, 1.82) is 0 Å². The molecule has 0 aliphatic heterocycles. The highest BCUT2D eigenvalue weighted by molar-refractivity contribution is 5.88. The molecule has 0 saturated heterocycles. The van der Waals surface area contributed by atoms with Crippen LogP contribution < -0.4 is 0 Å². The lowest BCUT2D eigenvalue weighted by Crippen LogP contribution is -1.99. The molecule has 0 saturated carbocycles. The Morgan fingerprint density at radius 3 is 2.79 bits per heavy atom. The van der Waals surface area contributed by atoms with E-state index < -0.39 is 5.97 Å². The molecule has 1 N–H and O–H groups in total. The Labute approximate surface area is 82.6 Å². The maximum Gasteiger partial charge on any atom is 0.335 e. The molecule has 0 fully saturated rings. The zero-order valence-electron chi connectivity index (χ0n) is 7.99. The largest absolute Gasteiger partial charge is 0.478 e. The summed E-state index contributed by atoms with van der Waals surface area (Å²) in [5, 5.41) is 8.82. The first-order chi connectivity index (χ1) is 6.67. The number of aromatic carboxylic acids is 1. The molecule has 0 atom stereocenters. The Bertz CT molecular complexity index is 356. The van der Waals surface area contributed by atoms with Crippen molar-refractivity contribution in [2.75, 3.05) is 7.11 Å². The van der Waals surface area contributed by atoms with Crippen molar-refractivity contribution in [3.63, 3.8) is 0 Å². The summed E-state index contributed by atoms with van der Waals surface area (Å²) < 4.78 is 4.93. The number of carbonyl (C=O) groups is 1. The molecule has 0 amide bonds. The molecule has 0 aliphatic rings. The molecule has 74 valence electrons. The van der Waals surface area contributed by atoms with E-state index in [0.29, 0.717) is 6.61 Å². The lowest BCUT2D eigenvalue weighted by molar-refractivity contribution is 0.0696. The first-order valence-corrected chi connectivity index (χ1v) is 4.16. The molecule has 0 unspecified atom stereocenters. The highest BCUT2D eigenvalue weighted by Gasteiger charge is 2.05. The quantitative estimate of drug-likeness (QED) is 0.795. The number of rotatable bonds is 4. The summed E-state index contributed by atoms with van der Waals surface area (Å²) in [6.45, 7) is 4.00. The van der Waals surface area contributed by atoms with E-state index >= 15 is 0 Å². The SMILES string of the molecule is C=Cc1cc(COC)cc(C(=O)O)c1. The van der Waals surface area contributed by atoms with E-state index in [9.17, 15) is 4.79 Å². The van der Waals surface area contributed by atoms with Gasteiger partial charge in [0.15, 0.2) is 0 Å². The van der Waals surface area contributed by atoms with Crippen molar-refractivity contribution >= 4 is 12.0 Å². The molecule has 0 aromatic heterocycles. The molecule has 14 heavy (non-hydrogen) atoms. The predicted octanol–water partition coefficient (Wildman–Crippen LogP) is 2.17. The number of carboxylic acid groups (broad SMARTS) is 1. The Hall–Kier alpha value is -1.61. The highest BCUT2D eigenvalue weighted by atomic mass is 16.5. The van der Waals surface area contributed by atoms with E-state index in [0.717, 1.165) is 11.1 Å². The van der Waals surface area contributed by atoms with Gasteiger partial charge in [-0.2, -0.15) is 0 Å². The van der Waals surface area contributed by atoms with E-state index in [2.05, 4.69) is 6.58 Å². The van der Waals surface area contributed by atoms with Gasteiger partial charge in [-0.25, -0.2) is 4.79 Å². The first kappa shape index (κ1) is 10.5. The summed E-state index contributed by atoms with van der Waals surface area (Å²) in [5.41, 5.74) is 1.88. The maximum atomic E-state index is 10.8. The van der Waals surface area contributed by atoms with Crippen LogP contribution in [0.4, 0.5) is 0 Å². The number of hydrogen-bond acceptors (Lipinski definition) is 2. The minimum atomic E-state index is -0.939. The fourth-order valence-electron chi connectivity index (χ4n) is 1.21. The lowest BCUT2D eigenvalue weighted by Gasteiger charge is -2.03. The van der Waals surface area contributed by atoms with Gasteiger partial charge in [0.25, 0.3) is 0 Å². The molecule has 1 aromatic rings. The van der Waals surface area contributed by atoms with Crippen molar-refractivity contribution < 1.29 is 14.6 Å². The standard InChI is InChI=1S/C11H12O3/c1-3-8-4-9(7-14-2)6-10(5-8)11(12)13/h3-6H,1,7H2,2H3,(H,12,13). The van der Waals surface area contributed by atoms with Crippen LogP contribution in [0.3, 0.4) is 0 Å². The van der Waals surface area contributed by atoms with Crippen molar-refractivity contribution in [3.05, 3.63) is 41.5 Å². The van der Waals surface area contributed by atoms with Gasteiger partial charge >= 0.3 is 5.97 Å². The molecule has 1 rings (SSSR count). The topological polar surface area (TPSA) is 46.5 Å². The second kappa shape index (κ2) is 4.58. The zero-order valence-corrected chi connectivity index (χ0v) is 7.99. The number of ether oxygens (including phenoxy) is 1. The van der Waals surface area contributed by atoms with E-state index in [1.165, 1.54) is 0 Å². The third kappa shape index (κ3) is 2.44. The van der Waals surface area contributed by atoms with Gasteiger partial charge < -0.3 is 9.84 Å². The van der Waals surface area contributed by atoms with Crippen LogP contribution in [-0.2, 0) is 11.3 Å². The van der Waals surface area contributed by atoms with E-state index in [-0.39, 0.29) is 5.56 Å². The second-order valence-electron chi connectivity index (χ2n) is 2.91. The predicted molar refractivity (Wildman–Crippen MR) is 54.2 cm³/mol. The summed E-state index contributed by atoms with van der Waals surface area (Å²) in [5.74, 6) is -0.939. The monoisotopic (exact) mass is 192 g/mol. The number of methoxy groups -OCH3 is 1. The number of benzene rings is 1. The van der Waals surface area contributed by atoms with Gasteiger partial charge in [-0.05, 0) is 29.3 Å². The second-order valence-corrected chi connectivity index (χ2v) is 2.91. The van der Waals surface area contributed by atoms with Gasteiger partial charge in [-0.15, -0.1) is 0 Å². The van der Waals surface area contributed by atoms with Gasteiger partial charge in [-0.3, -0.25) is 0 Å². The average molecular weight is 192 g/mol. The van der Waals surface area contributed by atoms with Crippen LogP contribution in [0.1, 0.15) is 21.5 Å². The number of hydrogen-bond donors (Lipinski definition) is 1. The minimum Gasteiger partial charge on any atom is -0.478 e. The van der Waals surface area contributed by atoms with E-state index in [4.69, 9.17) is 9.84 Å². The fraction of sp³-hybridized carbons (Fsp3) is 0.182. The molecule has 0 aliphatic carbocycles. The summed E-state index contributed by atoms with van der Waals surface area (Å²) in [4.78, 5) is 10.8. The van der Waals surface area contributed by atoms with Gasteiger partial charge in [0.05, 0.1) is 12.2 Å². The fourth-order valence-corrected chi connectivity index (χ4v) is 1.21. The van der Waals surface area contributed by atoms with Crippen LogP contribution in [0.5, 0.6) is 0 Å². The summed E-state index contributed by atoms with van der Waals surface area (Å²) in [6.07, 6.45) is 1.62.